The third kappa shape index (κ3) is 5.93. The van der Waals surface area contributed by atoms with Crippen molar-refractivity contribution >= 4 is 28.9 Å². The maximum absolute atomic E-state index is 11.2. The summed E-state index contributed by atoms with van der Waals surface area (Å²) in [7, 11) is 0. The quantitative estimate of drug-likeness (QED) is 0.529. The molecule has 0 radical (unpaired) electrons. The minimum atomic E-state index is -0.661. The van der Waals surface area contributed by atoms with Gasteiger partial charge >= 0.3 is 5.97 Å². The third-order valence-corrected chi connectivity index (χ3v) is 8.69. The summed E-state index contributed by atoms with van der Waals surface area (Å²) in [5.41, 5.74) is 2.42. The fraction of sp³-hybridized carbons (Fsp3) is 0.577. The first kappa shape index (κ1) is 23.7. The number of likely N-dealkylation sites (tertiary alicyclic amines) is 2. The van der Waals surface area contributed by atoms with Gasteiger partial charge in [-0.05, 0) is 79.8 Å². The number of aryl methyl sites for hydroxylation is 1. The van der Waals surface area contributed by atoms with E-state index in [1.807, 2.05) is 18.3 Å². The van der Waals surface area contributed by atoms with Gasteiger partial charge in [-0.25, -0.2) is 0 Å². The molecule has 4 rings (SSSR count). The van der Waals surface area contributed by atoms with Crippen LogP contribution in [0.25, 0.3) is 0 Å². The molecule has 0 bridgehead atoms. The number of aliphatic carboxylic acids is 1. The lowest BCUT2D eigenvalue weighted by Crippen LogP contribution is -2.39. The number of thiophene rings is 1. The Bertz CT molecular complexity index is 895. The number of nitrogens with zero attached hydrogens (tertiary/aromatic N) is 2. The molecular weight excluding hydrogens is 440 g/mol. The number of halogens is 1. The Morgan fingerprint density at radius 1 is 1.22 bits per heavy atom. The molecule has 1 N–H and O–H groups in total. The van der Waals surface area contributed by atoms with Gasteiger partial charge in [0.15, 0.2) is 0 Å². The lowest BCUT2D eigenvalue weighted by atomic mass is 9.87. The first-order valence-electron chi connectivity index (χ1n) is 11.8. The van der Waals surface area contributed by atoms with Crippen LogP contribution in [0.5, 0.6) is 0 Å². The average Bonchev–Trinajstić information content (AvgIpc) is 3.41. The Morgan fingerprint density at radius 2 is 2.00 bits per heavy atom. The number of piperidine rings is 1. The molecule has 174 valence electrons. The van der Waals surface area contributed by atoms with E-state index in [4.69, 9.17) is 11.6 Å². The van der Waals surface area contributed by atoms with Gasteiger partial charge in [0.05, 0.1) is 5.92 Å². The van der Waals surface area contributed by atoms with Gasteiger partial charge in [-0.2, -0.15) is 0 Å². The highest BCUT2D eigenvalue weighted by molar-refractivity contribution is 7.10. The van der Waals surface area contributed by atoms with Crippen LogP contribution in [0, 0.1) is 24.7 Å². The molecule has 3 heterocycles. The van der Waals surface area contributed by atoms with Gasteiger partial charge in [-0.3, -0.25) is 9.69 Å². The first-order valence-corrected chi connectivity index (χ1v) is 13.1. The minimum Gasteiger partial charge on any atom is -0.481 e. The summed E-state index contributed by atoms with van der Waals surface area (Å²) in [4.78, 5) is 17.9. The standard InChI is InChI=1S/C26H35ClN2O2S/c1-18-5-6-21(24(27)12-18)14-29-16-22(23(17-29)25-4-3-11-32-25)15-28-9-7-20(8-10-28)13-19(2)26(30)31/h3-6,11-12,19-20,22-23H,7-10,13-17H2,1-2H3,(H,30,31)/t19-,22-,23-/m1/s1. The van der Waals surface area contributed by atoms with Crippen LogP contribution in [0.1, 0.15) is 48.1 Å². The zero-order valence-electron chi connectivity index (χ0n) is 19.2. The zero-order chi connectivity index (χ0) is 22.7. The lowest BCUT2D eigenvalue weighted by molar-refractivity contribution is -0.141. The number of carboxylic acids is 1. The second-order valence-electron chi connectivity index (χ2n) is 9.89. The molecule has 1 aromatic carbocycles. The second kappa shape index (κ2) is 10.7. The number of carboxylic acid groups (broad SMARTS) is 1. The highest BCUT2D eigenvalue weighted by atomic mass is 35.5. The molecule has 2 aliphatic heterocycles. The number of rotatable bonds is 8. The Balaban J connectivity index is 1.36. The Kier molecular flexibility index (Phi) is 7.93. The molecule has 2 saturated heterocycles. The highest BCUT2D eigenvalue weighted by Crippen LogP contribution is 2.37. The molecule has 2 aromatic rings. The predicted molar refractivity (Wildman–Crippen MR) is 133 cm³/mol. The molecule has 2 fully saturated rings. The molecule has 3 atom stereocenters. The molecule has 1 aromatic heterocycles. The van der Waals surface area contributed by atoms with Crippen LogP contribution in [0.4, 0.5) is 0 Å². The normalized spacial score (nSPS) is 24.1. The molecule has 32 heavy (non-hydrogen) atoms. The summed E-state index contributed by atoms with van der Waals surface area (Å²) in [5.74, 6) is 0.850. The maximum Gasteiger partial charge on any atom is 0.306 e. The van der Waals surface area contributed by atoms with E-state index in [0.717, 1.165) is 63.6 Å². The van der Waals surface area contributed by atoms with Crippen LogP contribution < -0.4 is 0 Å². The maximum atomic E-state index is 11.2. The molecule has 0 amide bonds. The van der Waals surface area contributed by atoms with Crippen molar-refractivity contribution in [2.24, 2.45) is 17.8 Å². The van der Waals surface area contributed by atoms with Crippen LogP contribution in [0.3, 0.4) is 0 Å². The molecule has 0 saturated carbocycles. The van der Waals surface area contributed by atoms with E-state index in [2.05, 4.69) is 52.4 Å². The average molecular weight is 475 g/mol. The number of benzene rings is 1. The van der Waals surface area contributed by atoms with Gasteiger partial charge in [0.25, 0.3) is 0 Å². The van der Waals surface area contributed by atoms with E-state index >= 15 is 0 Å². The first-order chi connectivity index (χ1) is 15.4. The van der Waals surface area contributed by atoms with Gasteiger partial charge in [0, 0.05) is 42.0 Å². The van der Waals surface area contributed by atoms with E-state index in [1.54, 1.807) is 0 Å². The van der Waals surface area contributed by atoms with E-state index in [1.165, 1.54) is 16.0 Å². The van der Waals surface area contributed by atoms with Gasteiger partial charge in [-0.1, -0.05) is 36.7 Å². The van der Waals surface area contributed by atoms with Crippen LogP contribution in [-0.4, -0.2) is 53.6 Å². The molecule has 6 heteroatoms. The Hall–Kier alpha value is -1.40. The van der Waals surface area contributed by atoms with Crippen LogP contribution >= 0.6 is 22.9 Å². The summed E-state index contributed by atoms with van der Waals surface area (Å²) in [6.45, 7) is 10.3. The van der Waals surface area contributed by atoms with Crippen LogP contribution in [0.2, 0.25) is 5.02 Å². The Labute approximate surface area is 201 Å². The van der Waals surface area contributed by atoms with E-state index in [9.17, 15) is 9.90 Å². The number of hydrogen-bond acceptors (Lipinski definition) is 4. The summed E-state index contributed by atoms with van der Waals surface area (Å²) < 4.78 is 0. The smallest absolute Gasteiger partial charge is 0.306 e. The monoisotopic (exact) mass is 474 g/mol. The largest absolute Gasteiger partial charge is 0.481 e. The van der Waals surface area contributed by atoms with Gasteiger partial charge in [0.2, 0.25) is 0 Å². The van der Waals surface area contributed by atoms with Crippen molar-refractivity contribution in [3.05, 3.63) is 56.7 Å². The zero-order valence-corrected chi connectivity index (χ0v) is 20.7. The van der Waals surface area contributed by atoms with Crippen molar-refractivity contribution in [2.75, 3.05) is 32.7 Å². The fourth-order valence-corrected chi connectivity index (χ4v) is 6.67. The third-order valence-electron chi connectivity index (χ3n) is 7.34. The predicted octanol–water partition coefficient (Wildman–Crippen LogP) is 5.75. The molecule has 0 spiro atoms. The summed E-state index contributed by atoms with van der Waals surface area (Å²) in [5, 5.41) is 12.3. The van der Waals surface area contributed by atoms with Gasteiger partial charge in [0.1, 0.15) is 0 Å². The summed E-state index contributed by atoms with van der Waals surface area (Å²) >= 11 is 8.42. The number of hydrogen-bond donors (Lipinski definition) is 1. The fourth-order valence-electron chi connectivity index (χ4n) is 5.46. The van der Waals surface area contributed by atoms with Crippen LogP contribution in [0.15, 0.2) is 35.7 Å². The van der Waals surface area contributed by atoms with E-state index < -0.39 is 5.97 Å². The second-order valence-corrected chi connectivity index (χ2v) is 11.3. The molecule has 0 unspecified atom stereocenters. The summed E-state index contributed by atoms with van der Waals surface area (Å²) in [6.07, 6.45) is 3.06. The van der Waals surface area contributed by atoms with Crippen molar-refractivity contribution in [3.63, 3.8) is 0 Å². The topological polar surface area (TPSA) is 43.8 Å². The van der Waals surface area contributed by atoms with Crippen molar-refractivity contribution < 1.29 is 9.90 Å². The van der Waals surface area contributed by atoms with E-state index in [-0.39, 0.29) is 5.92 Å². The lowest BCUT2D eigenvalue weighted by Gasteiger charge is -2.35. The minimum absolute atomic E-state index is 0.230. The van der Waals surface area contributed by atoms with Crippen molar-refractivity contribution in [1.29, 1.82) is 0 Å². The summed E-state index contributed by atoms with van der Waals surface area (Å²) in [6, 6.07) is 10.9. The van der Waals surface area contributed by atoms with E-state index in [0.29, 0.717) is 17.8 Å². The molecule has 0 aliphatic carbocycles. The van der Waals surface area contributed by atoms with Crippen molar-refractivity contribution in [3.8, 4) is 0 Å². The van der Waals surface area contributed by atoms with Crippen molar-refractivity contribution in [1.82, 2.24) is 9.80 Å². The van der Waals surface area contributed by atoms with Gasteiger partial charge < -0.3 is 10.0 Å². The number of carbonyl (C=O) groups is 1. The van der Waals surface area contributed by atoms with Crippen LogP contribution in [-0.2, 0) is 11.3 Å². The molecule has 2 aliphatic rings. The van der Waals surface area contributed by atoms with Crippen molar-refractivity contribution in [2.45, 2.75) is 45.6 Å². The molecule has 4 nitrogen and oxygen atoms in total. The SMILES string of the molecule is Cc1ccc(CN2C[C@@H](CN3CCC(C[C@@H](C)C(=O)O)CC3)[C@H](c3cccs3)C2)c(Cl)c1. The van der Waals surface area contributed by atoms with Gasteiger partial charge in [-0.15, -0.1) is 11.3 Å². The Morgan fingerprint density at radius 3 is 2.66 bits per heavy atom. The highest BCUT2D eigenvalue weighted by Gasteiger charge is 2.36. The molecular formula is C26H35ClN2O2S.